The van der Waals surface area contributed by atoms with E-state index in [1.54, 1.807) is 47.6 Å². The molecule has 1 heterocycles. The van der Waals surface area contributed by atoms with Crippen molar-refractivity contribution >= 4 is 28.9 Å². The van der Waals surface area contributed by atoms with Crippen molar-refractivity contribution in [2.75, 3.05) is 22.5 Å². The molecule has 6 heteroatoms. The van der Waals surface area contributed by atoms with Gasteiger partial charge in [0, 0.05) is 25.2 Å². The Hall–Kier alpha value is -3.67. The Morgan fingerprint density at radius 2 is 1.79 bits per heavy atom. The van der Waals surface area contributed by atoms with Crippen LogP contribution in [0, 0.1) is 0 Å². The molecule has 0 atom stereocenters. The third-order valence-corrected chi connectivity index (χ3v) is 4.39. The second-order valence-corrected chi connectivity index (χ2v) is 6.37. The van der Waals surface area contributed by atoms with Crippen LogP contribution in [-0.2, 0) is 11.2 Å². The molecule has 3 aromatic rings. The Balaban J connectivity index is 1.63. The van der Waals surface area contributed by atoms with Crippen LogP contribution in [0.25, 0.3) is 0 Å². The number of carbonyl (C=O) groups excluding carboxylic acids is 2. The Morgan fingerprint density at radius 3 is 2.43 bits per heavy atom. The molecule has 3 N–H and O–H groups in total. The summed E-state index contributed by atoms with van der Waals surface area (Å²) in [5, 5.41) is 2.81. The summed E-state index contributed by atoms with van der Waals surface area (Å²) in [6.45, 7) is 2.07. The molecule has 1 aromatic heterocycles. The normalized spacial score (nSPS) is 10.3. The van der Waals surface area contributed by atoms with Crippen LogP contribution in [0.2, 0.25) is 0 Å². The molecule has 0 bridgehead atoms. The second-order valence-electron chi connectivity index (χ2n) is 6.37. The largest absolute Gasteiger partial charge is 0.397 e. The summed E-state index contributed by atoms with van der Waals surface area (Å²) in [6.07, 6.45) is 4.01. The third-order valence-electron chi connectivity index (χ3n) is 4.39. The number of carbonyl (C=O) groups is 2. The number of pyridine rings is 1. The topological polar surface area (TPSA) is 88.3 Å². The highest BCUT2D eigenvalue weighted by atomic mass is 16.2. The Morgan fingerprint density at radius 1 is 1.04 bits per heavy atom. The molecule has 0 saturated heterocycles. The Bertz CT molecular complexity index is 956. The zero-order valence-corrected chi connectivity index (χ0v) is 15.6. The first-order valence-electron chi connectivity index (χ1n) is 8.97. The maximum atomic E-state index is 12.4. The number of para-hydroxylation sites is 2. The van der Waals surface area contributed by atoms with Gasteiger partial charge >= 0.3 is 0 Å². The molecule has 0 aliphatic carbocycles. The molecule has 0 radical (unpaired) electrons. The summed E-state index contributed by atoms with van der Waals surface area (Å²) >= 11 is 0. The molecule has 0 unspecified atom stereocenters. The number of hydrogen-bond donors (Lipinski definition) is 2. The van der Waals surface area contributed by atoms with Gasteiger partial charge in [-0.3, -0.25) is 14.6 Å². The highest BCUT2D eigenvalue weighted by molar-refractivity contribution is 6.05. The summed E-state index contributed by atoms with van der Waals surface area (Å²) in [4.78, 5) is 30.1. The number of nitrogens with one attached hydrogen (secondary N) is 1. The van der Waals surface area contributed by atoms with E-state index in [0.717, 1.165) is 11.3 Å². The van der Waals surface area contributed by atoms with Crippen LogP contribution in [0.4, 0.5) is 17.1 Å². The van der Waals surface area contributed by atoms with Crippen LogP contribution >= 0.6 is 0 Å². The van der Waals surface area contributed by atoms with Crippen LogP contribution in [0.1, 0.15) is 22.8 Å². The van der Waals surface area contributed by atoms with E-state index in [1.807, 2.05) is 30.3 Å². The summed E-state index contributed by atoms with van der Waals surface area (Å²) in [6, 6.07) is 18.1. The number of rotatable bonds is 6. The van der Waals surface area contributed by atoms with Gasteiger partial charge in [0.25, 0.3) is 5.91 Å². The first-order valence-corrected chi connectivity index (χ1v) is 8.97. The molecular formula is C22H22N4O2. The standard InChI is InChI=1S/C22H22N4O2/c1-16(27)26(19-5-4-13-24-15-19)14-12-17-8-10-18(11-9-17)22(28)25-21-7-3-2-6-20(21)23/h2-11,13,15H,12,14,23H2,1H3,(H,25,28). The summed E-state index contributed by atoms with van der Waals surface area (Å²) in [7, 11) is 0. The molecule has 142 valence electrons. The lowest BCUT2D eigenvalue weighted by Gasteiger charge is -2.20. The minimum Gasteiger partial charge on any atom is -0.397 e. The van der Waals surface area contributed by atoms with Crippen molar-refractivity contribution in [3.05, 3.63) is 84.2 Å². The minimum atomic E-state index is -0.217. The van der Waals surface area contributed by atoms with Crippen LogP contribution in [-0.4, -0.2) is 23.3 Å². The molecule has 0 fully saturated rings. The molecular weight excluding hydrogens is 352 g/mol. The highest BCUT2D eigenvalue weighted by Gasteiger charge is 2.12. The summed E-state index contributed by atoms with van der Waals surface area (Å²) < 4.78 is 0. The van der Waals surface area contributed by atoms with Crippen LogP contribution in [0.15, 0.2) is 73.1 Å². The monoisotopic (exact) mass is 374 g/mol. The van der Waals surface area contributed by atoms with E-state index in [-0.39, 0.29) is 11.8 Å². The number of anilines is 3. The molecule has 2 aromatic carbocycles. The van der Waals surface area contributed by atoms with Gasteiger partial charge in [-0.1, -0.05) is 24.3 Å². The fourth-order valence-corrected chi connectivity index (χ4v) is 2.85. The van der Waals surface area contributed by atoms with Crippen LogP contribution in [0.3, 0.4) is 0 Å². The fraction of sp³-hybridized carbons (Fsp3) is 0.136. The van der Waals surface area contributed by atoms with Gasteiger partial charge in [0.2, 0.25) is 5.91 Å². The van der Waals surface area contributed by atoms with Gasteiger partial charge in [0.05, 0.1) is 23.3 Å². The predicted molar refractivity (Wildman–Crippen MR) is 111 cm³/mol. The number of nitrogen functional groups attached to an aromatic ring is 1. The number of nitrogens with two attached hydrogens (primary N) is 1. The van der Waals surface area contributed by atoms with Gasteiger partial charge in [-0.15, -0.1) is 0 Å². The maximum absolute atomic E-state index is 12.4. The Kier molecular flexibility index (Phi) is 6.01. The first-order chi connectivity index (χ1) is 13.5. The van der Waals surface area contributed by atoms with Gasteiger partial charge in [0.15, 0.2) is 0 Å². The van der Waals surface area contributed by atoms with Crippen molar-refractivity contribution in [3.8, 4) is 0 Å². The molecule has 3 rings (SSSR count). The van der Waals surface area contributed by atoms with Gasteiger partial charge < -0.3 is 16.0 Å². The van der Waals surface area contributed by atoms with Crippen molar-refractivity contribution in [2.24, 2.45) is 0 Å². The molecule has 6 nitrogen and oxygen atoms in total. The van der Waals surface area contributed by atoms with Gasteiger partial charge in [0.1, 0.15) is 0 Å². The first kappa shape index (κ1) is 19.1. The number of aromatic nitrogens is 1. The average molecular weight is 374 g/mol. The van der Waals surface area contributed by atoms with Crippen LogP contribution < -0.4 is 16.0 Å². The van der Waals surface area contributed by atoms with Crippen molar-refractivity contribution in [3.63, 3.8) is 0 Å². The smallest absolute Gasteiger partial charge is 0.255 e. The summed E-state index contributed by atoms with van der Waals surface area (Å²) in [5.41, 5.74) is 9.32. The molecule has 0 saturated carbocycles. The molecule has 0 spiro atoms. The lowest BCUT2D eigenvalue weighted by molar-refractivity contribution is -0.116. The molecule has 0 aliphatic rings. The number of benzene rings is 2. The average Bonchev–Trinajstić information content (AvgIpc) is 2.71. The van der Waals surface area contributed by atoms with Gasteiger partial charge in [-0.2, -0.15) is 0 Å². The number of amides is 2. The minimum absolute atomic E-state index is 0.0375. The molecule has 0 aliphatic heterocycles. The zero-order valence-electron chi connectivity index (χ0n) is 15.6. The number of nitrogens with zero attached hydrogens (tertiary/aromatic N) is 2. The quantitative estimate of drug-likeness (QED) is 0.646. The Labute approximate surface area is 164 Å². The van der Waals surface area contributed by atoms with E-state index in [9.17, 15) is 9.59 Å². The second kappa shape index (κ2) is 8.81. The fourth-order valence-electron chi connectivity index (χ4n) is 2.85. The zero-order chi connectivity index (χ0) is 19.9. The molecule has 28 heavy (non-hydrogen) atoms. The lowest BCUT2D eigenvalue weighted by atomic mass is 10.1. The summed E-state index contributed by atoms with van der Waals surface area (Å²) in [5.74, 6) is -0.255. The lowest BCUT2D eigenvalue weighted by Crippen LogP contribution is -2.30. The molecule has 2 amide bonds. The SMILES string of the molecule is CC(=O)N(CCc1ccc(C(=O)Nc2ccccc2N)cc1)c1cccnc1. The maximum Gasteiger partial charge on any atom is 0.255 e. The van der Waals surface area contributed by atoms with Gasteiger partial charge in [-0.05, 0) is 48.4 Å². The van der Waals surface area contributed by atoms with Crippen molar-refractivity contribution in [1.82, 2.24) is 4.98 Å². The van der Waals surface area contributed by atoms with E-state index < -0.39 is 0 Å². The van der Waals surface area contributed by atoms with Crippen molar-refractivity contribution in [2.45, 2.75) is 13.3 Å². The highest BCUT2D eigenvalue weighted by Crippen LogP contribution is 2.18. The van der Waals surface area contributed by atoms with Gasteiger partial charge in [-0.25, -0.2) is 0 Å². The van der Waals surface area contributed by atoms with Crippen molar-refractivity contribution < 1.29 is 9.59 Å². The van der Waals surface area contributed by atoms with E-state index in [4.69, 9.17) is 5.73 Å². The van der Waals surface area contributed by atoms with Crippen molar-refractivity contribution in [1.29, 1.82) is 0 Å². The van der Waals surface area contributed by atoms with E-state index >= 15 is 0 Å². The van der Waals surface area contributed by atoms with E-state index in [2.05, 4.69) is 10.3 Å². The number of hydrogen-bond acceptors (Lipinski definition) is 4. The van der Waals surface area contributed by atoms with E-state index in [0.29, 0.717) is 29.9 Å². The van der Waals surface area contributed by atoms with E-state index in [1.165, 1.54) is 6.92 Å². The predicted octanol–water partition coefficient (Wildman–Crippen LogP) is 3.51. The third kappa shape index (κ3) is 4.73. The van der Waals surface area contributed by atoms with Crippen LogP contribution in [0.5, 0.6) is 0 Å².